The number of piperidine rings is 1. The summed E-state index contributed by atoms with van der Waals surface area (Å²) >= 11 is 0. The maximum atomic E-state index is 11.8. The van der Waals surface area contributed by atoms with Gasteiger partial charge in [0.25, 0.3) is 0 Å². The minimum Gasteiger partial charge on any atom is -0.460 e. The average molecular weight is 231 g/mol. The lowest BCUT2D eigenvalue weighted by Gasteiger charge is -2.23. The molecule has 0 saturated carbocycles. The van der Waals surface area contributed by atoms with Gasteiger partial charge >= 0.3 is 5.97 Å². The van der Waals surface area contributed by atoms with E-state index in [2.05, 4.69) is 11.9 Å². The molecule has 0 bridgehead atoms. The molecule has 1 aromatic rings. The van der Waals surface area contributed by atoms with E-state index in [1.54, 1.807) is 0 Å². The molecule has 90 valence electrons. The van der Waals surface area contributed by atoms with Gasteiger partial charge < -0.3 is 10.1 Å². The van der Waals surface area contributed by atoms with Gasteiger partial charge in [-0.25, -0.2) is 0 Å². The monoisotopic (exact) mass is 231 g/mol. The van der Waals surface area contributed by atoms with Crippen LogP contribution in [0.4, 0.5) is 0 Å². The Kier molecular flexibility index (Phi) is 3.94. The van der Waals surface area contributed by atoms with Gasteiger partial charge in [0, 0.05) is 0 Å². The molecule has 1 atom stereocenters. The van der Waals surface area contributed by atoms with Crippen LogP contribution >= 0.6 is 0 Å². The third-order valence-corrected chi connectivity index (χ3v) is 2.87. The van der Waals surface area contributed by atoms with Crippen molar-refractivity contribution >= 4 is 5.97 Å². The molecule has 0 unspecified atom stereocenters. The molecular weight excluding hydrogens is 214 g/mol. The number of carbonyl (C=O) groups excluding carboxylic acids is 1. The van der Waals surface area contributed by atoms with Crippen molar-refractivity contribution in [2.45, 2.75) is 25.5 Å². The number of hydrogen-bond donors (Lipinski definition) is 1. The van der Waals surface area contributed by atoms with Crippen LogP contribution in [0, 0.1) is 0 Å². The summed E-state index contributed by atoms with van der Waals surface area (Å²) in [5.41, 5.74) is 2.13. The lowest BCUT2D eigenvalue weighted by Crippen LogP contribution is -2.42. The van der Waals surface area contributed by atoms with Gasteiger partial charge in [-0.2, -0.15) is 0 Å². The van der Waals surface area contributed by atoms with Crippen LogP contribution in [0.1, 0.15) is 18.4 Å². The van der Waals surface area contributed by atoms with E-state index in [9.17, 15) is 4.79 Å². The Bertz CT molecular complexity index is 400. The van der Waals surface area contributed by atoms with E-state index < -0.39 is 0 Å². The van der Waals surface area contributed by atoms with Crippen molar-refractivity contribution < 1.29 is 9.53 Å². The largest absolute Gasteiger partial charge is 0.460 e. The van der Waals surface area contributed by atoms with Crippen molar-refractivity contribution in [3.05, 3.63) is 48.0 Å². The first-order chi connectivity index (χ1) is 8.25. The van der Waals surface area contributed by atoms with E-state index in [0.29, 0.717) is 13.0 Å². The predicted octanol–water partition coefficient (Wildman–Crippen LogP) is 2.04. The number of benzene rings is 1. The Morgan fingerprint density at radius 1 is 1.41 bits per heavy atom. The zero-order chi connectivity index (χ0) is 12.1. The number of esters is 1. The Morgan fingerprint density at radius 3 is 2.88 bits per heavy atom. The molecule has 3 nitrogen and oxygen atoms in total. The average Bonchev–Trinajstić information content (AvgIpc) is 2.37. The first-order valence-electron chi connectivity index (χ1n) is 5.86. The molecule has 1 aromatic carbocycles. The summed E-state index contributed by atoms with van der Waals surface area (Å²) in [6, 6.07) is 9.48. The van der Waals surface area contributed by atoms with Crippen molar-refractivity contribution in [3.63, 3.8) is 0 Å². The van der Waals surface area contributed by atoms with Gasteiger partial charge in [0.05, 0.1) is 0 Å². The fraction of sp³-hybridized carbons (Fsp3) is 0.357. The van der Waals surface area contributed by atoms with Gasteiger partial charge in [-0.15, -0.1) is 0 Å². The Balaban J connectivity index is 1.83. The van der Waals surface area contributed by atoms with Gasteiger partial charge in [-0.3, -0.25) is 4.79 Å². The smallest absolute Gasteiger partial charge is 0.323 e. The second-order valence-electron chi connectivity index (χ2n) is 4.30. The second kappa shape index (κ2) is 5.64. The molecule has 0 spiro atoms. The fourth-order valence-corrected chi connectivity index (χ4v) is 1.88. The molecule has 1 fully saturated rings. The molecule has 1 saturated heterocycles. The SMILES string of the molecule is C=C1CCN[C@H](C(=O)OCc2ccccc2)C1. The summed E-state index contributed by atoms with van der Waals surface area (Å²) in [5.74, 6) is -0.185. The molecule has 2 rings (SSSR count). The van der Waals surface area contributed by atoms with Gasteiger partial charge in [-0.05, 0) is 24.9 Å². The van der Waals surface area contributed by atoms with E-state index in [-0.39, 0.29) is 12.0 Å². The highest BCUT2D eigenvalue weighted by molar-refractivity contribution is 5.76. The summed E-state index contributed by atoms with van der Waals surface area (Å²) in [7, 11) is 0. The van der Waals surface area contributed by atoms with Crippen LogP contribution in [0.15, 0.2) is 42.5 Å². The van der Waals surface area contributed by atoms with Gasteiger partial charge in [0.2, 0.25) is 0 Å². The summed E-state index contributed by atoms with van der Waals surface area (Å²) in [5, 5.41) is 3.15. The van der Waals surface area contributed by atoms with Crippen LogP contribution in [-0.4, -0.2) is 18.6 Å². The molecular formula is C14H17NO2. The van der Waals surface area contributed by atoms with E-state index in [0.717, 1.165) is 24.1 Å². The Hall–Kier alpha value is -1.61. The summed E-state index contributed by atoms with van der Waals surface area (Å²) < 4.78 is 5.27. The fourth-order valence-electron chi connectivity index (χ4n) is 1.88. The van der Waals surface area contributed by atoms with E-state index in [4.69, 9.17) is 4.74 Å². The summed E-state index contributed by atoms with van der Waals surface area (Å²) in [6.07, 6.45) is 1.64. The van der Waals surface area contributed by atoms with Gasteiger partial charge in [0.15, 0.2) is 0 Å². The molecule has 1 heterocycles. The Morgan fingerprint density at radius 2 is 2.18 bits per heavy atom. The standard InChI is InChI=1S/C14H17NO2/c1-11-7-8-15-13(9-11)14(16)17-10-12-5-3-2-4-6-12/h2-6,13,15H,1,7-10H2/t13-/m0/s1. The third kappa shape index (κ3) is 3.43. The number of carbonyl (C=O) groups is 1. The lowest BCUT2D eigenvalue weighted by molar-refractivity contribution is -0.147. The van der Waals surface area contributed by atoms with Gasteiger partial charge in [0.1, 0.15) is 12.6 Å². The van der Waals surface area contributed by atoms with Crippen molar-refractivity contribution in [2.24, 2.45) is 0 Å². The number of hydrogen-bond acceptors (Lipinski definition) is 3. The lowest BCUT2D eigenvalue weighted by atomic mass is 10.0. The number of rotatable bonds is 3. The number of ether oxygens (including phenoxy) is 1. The minimum absolute atomic E-state index is 0.185. The van der Waals surface area contributed by atoms with Crippen molar-refractivity contribution in [1.29, 1.82) is 0 Å². The quantitative estimate of drug-likeness (QED) is 0.639. The van der Waals surface area contributed by atoms with Crippen molar-refractivity contribution in [2.75, 3.05) is 6.54 Å². The van der Waals surface area contributed by atoms with Crippen LogP contribution in [0.5, 0.6) is 0 Å². The summed E-state index contributed by atoms with van der Waals surface area (Å²) in [6.45, 7) is 5.06. The molecule has 1 aliphatic heterocycles. The zero-order valence-electron chi connectivity index (χ0n) is 9.82. The predicted molar refractivity (Wildman–Crippen MR) is 66.4 cm³/mol. The summed E-state index contributed by atoms with van der Waals surface area (Å²) in [4.78, 5) is 11.8. The molecule has 1 N–H and O–H groups in total. The minimum atomic E-state index is -0.222. The highest BCUT2D eigenvalue weighted by Crippen LogP contribution is 2.14. The maximum absolute atomic E-state index is 11.8. The number of nitrogens with one attached hydrogen (secondary N) is 1. The first-order valence-corrected chi connectivity index (χ1v) is 5.86. The van der Waals surface area contributed by atoms with E-state index in [1.165, 1.54) is 0 Å². The second-order valence-corrected chi connectivity index (χ2v) is 4.30. The highest BCUT2D eigenvalue weighted by atomic mass is 16.5. The first kappa shape index (κ1) is 11.9. The van der Waals surface area contributed by atoms with E-state index >= 15 is 0 Å². The molecule has 0 amide bonds. The van der Waals surface area contributed by atoms with Crippen LogP contribution < -0.4 is 5.32 Å². The molecule has 1 aliphatic rings. The van der Waals surface area contributed by atoms with E-state index in [1.807, 2.05) is 30.3 Å². The van der Waals surface area contributed by atoms with Crippen molar-refractivity contribution in [3.8, 4) is 0 Å². The Labute approximate surface area is 101 Å². The van der Waals surface area contributed by atoms with Crippen LogP contribution in [0.2, 0.25) is 0 Å². The molecule has 0 radical (unpaired) electrons. The van der Waals surface area contributed by atoms with Crippen LogP contribution in [-0.2, 0) is 16.1 Å². The van der Waals surface area contributed by atoms with Crippen molar-refractivity contribution in [1.82, 2.24) is 5.32 Å². The zero-order valence-corrected chi connectivity index (χ0v) is 9.82. The molecule has 0 aliphatic carbocycles. The topological polar surface area (TPSA) is 38.3 Å². The van der Waals surface area contributed by atoms with Gasteiger partial charge in [-0.1, -0.05) is 42.5 Å². The third-order valence-electron chi connectivity index (χ3n) is 2.87. The molecule has 3 heteroatoms. The molecule has 0 aromatic heterocycles. The highest BCUT2D eigenvalue weighted by Gasteiger charge is 2.23. The molecule has 17 heavy (non-hydrogen) atoms. The maximum Gasteiger partial charge on any atom is 0.323 e. The van der Waals surface area contributed by atoms with Crippen LogP contribution in [0.3, 0.4) is 0 Å². The van der Waals surface area contributed by atoms with Crippen LogP contribution in [0.25, 0.3) is 0 Å². The normalized spacial score (nSPS) is 20.0.